The summed E-state index contributed by atoms with van der Waals surface area (Å²) in [6.45, 7) is 6.00. The summed E-state index contributed by atoms with van der Waals surface area (Å²) < 4.78 is -0.909. The number of halogens is 2. The van der Waals surface area contributed by atoms with Crippen LogP contribution < -0.4 is 5.32 Å². The van der Waals surface area contributed by atoms with Crippen LogP contribution in [0.15, 0.2) is 17.5 Å². The fourth-order valence-electron chi connectivity index (χ4n) is 1.98. The number of carbonyl (C=O) groups excluding carboxylic acids is 1. The molecule has 1 heterocycles. The zero-order chi connectivity index (χ0) is 13.6. The minimum Gasteiger partial charge on any atom is -0.348 e. The predicted molar refractivity (Wildman–Crippen MR) is 77.2 cm³/mol. The molecule has 1 fully saturated rings. The number of alkyl halides is 2. The first kappa shape index (κ1) is 14.2. The molecular weight excluding hydrogens is 289 g/mol. The van der Waals surface area contributed by atoms with Crippen molar-refractivity contribution in [1.29, 1.82) is 0 Å². The van der Waals surface area contributed by atoms with Crippen molar-refractivity contribution in [3.05, 3.63) is 22.4 Å². The van der Waals surface area contributed by atoms with Crippen LogP contribution in [-0.4, -0.2) is 10.2 Å². The van der Waals surface area contributed by atoms with Gasteiger partial charge in [-0.15, -0.1) is 34.5 Å². The van der Waals surface area contributed by atoms with Crippen molar-refractivity contribution in [1.82, 2.24) is 5.32 Å². The number of hydrogen-bond acceptors (Lipinski definition) is 2. The zero-order valence-electron chi connectivity index (χ0n) is 10.7. The topological polar surface area (TPSA) is 29.1 Å². The Balaban J connectivity index is 2.10. The molecule has 0 saturated heterocycles. The highest BCUT2D eigenvalue weighted by Crippen LogP contribution is 2.64. The number of carbonyl (C=O) groups is 1. The van der Waals surface area contributed by atoms with E-state index in [-0.39, 0.29) is 11.9 Å². The van der Waals surface area contributed by atoms with Crippen LogP contribution in [0.25, 0.3) is 0 Å². The molecule has 0 unspecified atom stereocenters. The molecule has 0 spiro atoms. The van der Waals surface area contributed by atoms with Gasteiger partial charge < -0.3 is 5.32 Å². The van der Waals surface area contributed by atoms with Crippen molar-refractivity contribution in [2.24, 2.45) is 11.3 Å². The van der Waals surface area contributed by atoms with Crippen molar-refractivity contribution in [2.45, 2.75) is 37.6 Å². The molecule has 2 rings (SSSR count). The molecule has 1 aliphatic carbocycles. The van der Waals surface area contributed by atoms with E-state index in [1.807, 2.05) is 24.4 Å². The lowest BCUT2D eigenvalue weighted by molar-refractivity contribution is -0.126. The summed E-state index contributed by atoms with van der Waals surface area (Å²) in [5.41, 5.74) is -0.652. The SMILES string of the molecule is CC(C)[C@H](NC(=O)[C@]1(C)CC1(Cl)Cl)c1cccs1. The summed E-state index contributed by atoms with van der Waals surface area (Å²) in [6, 6.07) is 4.06. The van der Waals surface area contributed by atoms with Gasteiger partial charge in [0, 0.05) is 4.88 Å². The highest BCUT2D eigenvalue weighted by atomic mass is 35.5. The molecule has 1 saturated carbocycles. The molecule has 1 aromatic rings. The summed E-state index contributed by atoms with van der Waals surface area (Å²) in [4.78, 5) is 13.4. The van der Waals surface area contributed by atoms with Gasteiger partial charge in [0.25, 0.3) is 0 Å². The molecule has 0 radical (unpaired) electrons. The van der Waals surface area contributed by atoms with Crippen molar-refractivity contribution in [3.8, 4) is 0 Å². The van der Waals surface area contributed by atoms with E-state index in [0.717, 1.165) is 4.88 Å². The summed E-state index contributed by atoms with van der Waals surface area (Å²) in [7, 11) is 0. The Bertz CT molecular complexity index is 444. The average molecular weight is 306 g/mol. The molecule has 100 valence electrons. The third kappa shape index (κ3) is 2.40. The van der Waals surface area contributed by atoms with Gasteiger partial charge in [-0.2, -0.15) is 0 Å². The monoisotopic (exact) mass is 305 g/mol. The smallest absolute Gasteiger partial charge is 0.229 e. The van der Waals surface area contributed by atoms with Crippen molar-refractivity contribution < 1.29 is 4.79 Å². The molecule has 0 aliphatic heterocycles. The first-order chi connectivity index (χ1) is 8.28. The first-order valence-corrected chi connectivity index (χ1v) is 7.64. The number of hydrogen-bond donors (Lipinski definition) is 1. The van der Waals surface area contributed by atoms with Gasteiger partial charge in [-0.05, 0) is 30.7 Å². The fourth-order valence-corrected chi connectivity index (χ4v) is 3.64. The van der Waals surface area contributed by atoms with Crippen LogP contribution >= 0.6 is 34.5 Å². The van der Waals surface area contributed by atoms with Crippen LogP contribution in [0.2, 0.25) is 0 Å². The summed E-state index contributed by atoms with van der Waals surface area (Å²) in [5, 5.41) is 5.10. The lowest BCUT2D eigenvalue weighted by atomic mass is 10.0. The Kier molecular flexibility index (Phi) is 3.69. The van der Waals surface area contributed by atoms with E-state index in [0.29, 0.717) is 12.3 Å². The van der Waals surface area contributed by atoms with E-state index in [1.54, 1.807) is 11.3 Å². The minimum atomic E-state index is -0.909. The molecule has 1 N–H and O–H groups in total. The Morgan fingerprint density at radius 3 is 2.50 bits per heavy atom. The van der Waals surface area contributed by atoms with Crippen molar-refractivity contribution in [3.63, 3.8) is 0 Å². The highest BCUT2D eigenvalue weighted by Gasteiger charge is 2.68. The number of amides is 1. The summed E-state index contributed by atoms with van der Waals surface area (Å²) in [5.74, 6) is 0.273. The number of nitrogens with one attached hydrogen (secondary N) is 1. The maximum Gasteiger partial charge on any atom is 0.229 e. The van der Waals surface area contributed by atoms with Gasteiger partial charge >= 0.3 is 0 Å². The Morgan fingerprint density at radius 1 is 1.50 bits per heavy atom. The van der Waals surface area contributed by atoms with Crippen LogP contribution in [0, 0.1) is 11.3 Å². The van der Waals surface area contributed by atoms with Gasteiger partial charge in [-0.3, -0.25) is 4.79 Å². The molecule has 1 aromatic heterocycles. The van der Waals surface area contributed by atoms with Crippen LogP contribution in [0.3, 0.4) is 0 Å². The van der Waals surface area contributed by atoms with E-state index in [1.165, 1.54) is 0 Å². The summed E-state index contributed by atoms with van der Waals surface area (Å²) in [6.07, 6.45) is 0.518. The van der Waals surface area contributed by atoms with E-state index in [9.17, 15) is 4.79 Å². The lowest BCUT2D eigenvalue weighted by Crippen LogP contribution is -2.37. The number of thiophene rings is 1. The maximum absolute atomic E-state index is 12.3. The zero-order valence-corrected chi connectivity index (χ0v) is 13.0. The van der Waals surface area contributed by atoms with Crippen molar-refractivity contribution >= 4 is 40.4 Å². The van der Waals surface area contributed by atoms with E-state index >= 15 is 0 Å². The van der Waals surface area contributed by atoms with Gasteiger partial charge in [0.05, 0.1) is 11.5 Å². The standard InChI is InChI=1S/C13H17Cl2NOS/c1-8(2)10(9-5-4-6-18-9)16-11(17)12(3)7-13(12,14)15/h4-6,8,10H,7H2,1-3H3,(H,16,17)/t10-,12-/m0/s1. The third-order valence-electron chi connectivity index (χ3n) is 3.56. The van der Waals surface area contributed by atoms with Crippen LogP contribution in [0.5, 0.6) is 0 Å². The van der Waals surface area contributed by atoms with Gasteiger partial charge in [0.1, 0.15) is 4.33 Å². The van der Waals surface area contributed by atoms with Gasteiger partial charge in [-0.1, -0.05) is 19.9 Å². The molecule has 1 amide bonds. The van der Waals surface area contributed by atoms with Gasteiger partial charge in [0.2, 0.25) is 5.91 Å². The average Bonchev–Trinajstić information content (AvgIpc) is 2.71. The first-order valence-electron chi connectivity index (χ1n) is 6.00. The van der Waals surface area contributed by atoms with Gasteiger partial charge in [0.15, 0.2) is 0 Å². The van der Waals surface area contributed by atoms with Crippen LogP contribution in [0.1, 0.15) is 38.1 Å². The quantitative estimate of drug-likeness (QED) is 0.832. The molecule has 18 heavy (non-hydrogen) atoms. The fraction of sp³-hybridized carbons (Fsp3) is 0.615. The minimum absolute atomic E-state index is 0.0269. The molecule has 2 atom stereocenters. The number of rotatable bonds is 4. The normalized spacial score (nSPS) is 27.0. The molecule has 5 heteroatoms. The molecule has 0 aromatic carbocycles. The van der Waals surface area contributed by atoms with E-state index in [4.69, 9.17) is 23.2 Å². The Hall–Kier alpha value is -0.250. The highest BCUT2D eigenvalue weighted by molar-refractivity contribution is 7.10. The van der Waals surface area contributed by atoms with Crippen molar-refractivity contribution in [2.75, 3.05) is 0 Å². The summed E-state index contributed by atoms with van der Waals surface area (Å²) >= 11 is 13.7. The molecule has 0 bridgehead atoms. The Labute approximate surface area is 122 Å². The Morgan fingerprint density at radius 2 is 2.11 bits per heavy atom. The van der Waals surface area contributed by atoms with Crippen LogP contribution in [0.4, 0.5) is 0 Å². The predicted octanol–water partition coefficient (Wildman–Crippen LogP) is 4.15. The van der Waals surface area contributed by atoms with E-state index < -0.39 is 9.75 Å². The maximum atomic E-state index is 12.3. The lowest BCUT2D eigenvalue weighted by Gasteiger charge is -2.23. The molecule has 2 nitrogen and oxygen atoms in total. The second kappa shape index (κ2) is 4.69. The van der Waals surface area contributed by atoms with Crippen LogP contribution in [-0.2, 0) is 4.79 Å². The largest absolute Gasteiger partial charge is 0.348 e. The molecule has 1 aliphatic rings. The van der Waals surface area contributed by atoms with Gasteiger partial charge in [-0.25, -0.2) is 0 Å². The molecular formula is C13H17Cl2NOS. The van der Waals surface area contributed by atoms with E-state index in [2.05, 4.69) is 19.2 Å². The second-order valence-electron chi connectivity index (χ2n) is 5.42. The second-order valence-corrected chi connectivity index (χ2v) is 7.89. The third-order valence-corrected chi connectivity index (χ3v) is 5.62.